The zero-order chi connectivity index (χ0) is 19.6. The summed E-state index contributed by atoms with van der Waals surface area (Å²) < 4.78 is 36.2. The Morgan fingerprint density at radius 1 is 1.08 bits per heavy atom. The van der Waals surface area contributed by atoms with E-state index in [-0.39, 0.29) is 54.3 Å². The predicted octanol–water partition coefficient (Wildman–Crippen LogP) is 3.76. The number of rotatable bonds is 8. The minimum Gasteiger partial charge on any atom is -0.384 e. The van der Waals surface area contributed by atoms with Crippen molar-refractivity contribution in [3.8, 4) is 0 Å². The van der Waals surface area contributed by atoms with E-state index in [0.717, 1.165) is 0 Å². The zero-order valence-electron chi connectivity index (χ0n) is 17.3. The fourth-order valence-corrected chi connectivity index (χ4v) is 5.30. The minimum atomic E-state index is -1.79. The van der Waals surface area contributed by atoms with Gasteiger partial charge in [-0.3, -0.25) is 0 Å². The van der Waals surface area contributed by atoms with E-state index in [1.807, 2.05) is 20.8 Å². The molecule has 2 aliphatic rings. The van der Waals surface area contributed by atoms with Crippen LogP contribution in [0.5, 0.6) is 0 Å². The van der Waals surface area contributed by atoms with Crippen molar-refractivity contribution in [3.05, 3.63) is 0 Å². The van der Waals surface area contributed by atoms with Crippen LogP contribution in [0.3, 0.4) is 0 Å². The summed E-state index contributed by atoms with van der Waals surface area (Å²) in [6.07, 6.45) is 0.526. The highest BCUT2D eigenvalue weighted by atomic mass is 31.1. The van der Waals surface area contributed by atoms with Crippen LogP contribution in [0.2, 0.25) is 0 Å². The largest absolute Gasteiger partial charge is 0.508 e. The van der Waals surface area contributed by atoms with E-state index >= 15 is 0 Å². The molecule has 5 nitrogen and oxygen atoms in total. The quantitative estimate of drug-likeness (QED) is 0.470. The average molecular weight is 385 g/mol. The van der Waals surface area contributed by atoms with Gasteiger partial charge in [0.2, 0.25) is 0 Å². The van der Waals surface area contributed by atoms with Gasteiger partial charge >= 0.3 is 8.03 Å². The van der Waals surface area contributed by atoms with Gasteiger partial charge in [0, 0.05) is 17.8 Å². The van der Waals surface area contributed by atoms with Crippen LogP contribution >= 0.6 is 8.03 Å². The van der Waals surface area contributed by atoms with Crippen LogP contribution in [0.25, 0.3) is 0 Å². The second-order valence-corrected chi connectivity index (χ2v) is 9.82. The third-order valence-electron chi connectivity index (χ3n) is 5.77. The number of ether oxygens (including phenoxy) is 3. The van der Waals surface area contributed by atoms with Crippen LogP contribution in [-0.2, 0) is 23.3 Å². The number of hydrogen-bond donors (Lipinski definition) is 0. The first-order valence-corrected chi connectivity index (χ1v) is 11.3. The molecule has 0 aromatic rings. The van der Waals surface area contributed by atoms with Crippen molar-refractivity contribution in [3.63, 3.8) is 0 Å². The summed E-state index contributed by atoms with van der Waals surface area (Å²) in [5, 5.41) is 0. The van der Waals surface area contributed by atoms with Gasteiger partial charge in [-0.1, -0.05) is 27.7 Å². The molecule has 2 heterocycles. The van der Waals surface area contributed by atoms with E-state index in [9.17, 15) is 4.57 Å². The van der Waals surface area contributed by atoms with Gasteiger partial charge in [-0.15, -0.1) is 4.52 Å². The maximum absolute atomic E-state index is 12.6. The zero-order valence-corrected chi connectivity index (χ0v) is 18.1. The van der Waals surface area contributed by atoms with E-state index in [1.54, 1.807) is 0 Å². The predicted molar refractivity (Wildman–Crippen MR) is 104 cm³/mol. The molecule has 0 bridgehead atoms. The summed E-state index contributed by atoms with van der Waals surface area (Å²) in [7, 11) is 4.25. The topological polar surface area (TPSA) is 54.0 Å². The average Bonchev–Trinajstić information content (AvgIpc) is 2.97. The molecule has 0 amide bonds. The molecule has 2 rings (SSSR count). The van der Waals surface area contributed by atoms with E-state index in [4.69, 9.17) is 26.6 Å². The maximum atomic E-state index is 12.6. The molecule has 3 unspecified atom stereocenters. The van der Waals surface area contributed by atoms with Crippen molar-refractivity contribution in [2.24, 2.45) is 23.7 Å². The molecule has 2 saturated heterocycles. The highest BCUT2D eigenvalue weighted by Crippen LogP contribution is 2.41. The van der Waals surface area contributed by atoms with Gasteiger partial charge in [0.15, 0.2) is 6.16 Å². The summed E-state index contributed by atoms with van der Waals surface area (Å²) >= 11 is 0. The molecular formula is C19H35BO5P+. The lowest BCUT2D eigenvalue weighted by Gasteiger charge is -2.23. The van der Waals surface area contributed by atoms with Gasteiger partial charge < -0.3 is 14.2 Å². The Kier molecular flexibility index (Phi) is 8.12. The van der Waals surface area contributed by atoms with E-state index in [0.29, 0.717) is 18.7 Å². The minimum absolute atomic E-state index is 0.0287. The van der Waals surface area contributed by atoms with Crippen LogP contribution in [0.1, 0.15) is 48.5 Å². The van der Waals surface area contributed by atoms with Crippen molar-refractivity contribution >= 4 is 15.9 Å². The van der Waals surface area contributed by atoms with Crippen molar-refractivity contribution in [2.45, 2.75) is 85.0 Å². The highest BCUT2D eigenvalue weighted by Gasteiger charge is 2.46. The Labute approximate surface area is 161 Å². The first-order valence-electron chi connectivity index (χ1n) is 9.91. The molecule has 0 aromatic heterocycles. The molecule has 0 aromatic carbocycles. The Balaban J connectivity index is 1.89. The van der Waals surface area contributed by atoms with Crippen molar-refractivity contribution in [1.82, 2.24) is 0 Å². The van der Waals surface area contributed by atoms with Gasteiger partial charge in [0.05, 0.1) is 24.4 Å². The van der Waals surface area contributed by atoms with Crippen molar-refractivity contribution in [1.29, 1.82) is 0 Å². The molecule has 2 aliphatic heterocycles. The fraction of sp³-hybridized carbons (Fsp3) is 1.00. The molecular weight excluding hydrogens is 350 g/mol. The Morgan fingerprint density at radius 3 is 2.31 bits per heavy atom. The van der Waals surface area contributed by atoms with Crippen molar-refractivity contribution < 1.29 is 23.3 Å². The molecule has 2 radical (unpaired) electrons. The van der Waals surface area contributed by atoms with Crippen LogP contribution in [0.4, 0.5) is 0 Å². The van der Waals surface area contributed by atoms with Crippen molar-refractivity contribution in [2.75, 3.05) is 12.8 Å². The third kappa shape index (κ3) is 5.29. The summed E-state index contributed by atoms with van der Waals surface area (Å²) in [5.74, 6) is 0.946. The van der Waals surface area contributed by atoms with Gasteiger partial charge in [-0.25, -0.2) is 0 Å². The van der Waals surface area contributed by atoms with Crippen LogP contribution in [-0.4, -0.2) is 57.1 Å². The van der Waals surface area contributed by atoms with Gasteiger partial charge in [0.25, 0.3) is 0 Å². The molecule has 26 heavy (non-hydrogen) atoms. The molecule has 148 valence electrons. The second-order valence-electron chi connectivity index (χ2n) is 8.53. The summed E-state index contributed by atoms with van der Waals surface area (Å²) in [5.41, 5.74) is 0. The lowest BCUT2D eigenvalue weighted by atomic mass is 9.80. The Morgan fingerprint density at radius 2 is 1.73 bits per heavy atom. The molecule has 2 fully saturated rings. The smallest absolute Gasteiger partial charge is 0.384 e. The monoisotopic (exact) mass is 385 g/mol. The lowest BCUT2D eigenvalue weighted by molar-refractivity contribution is -0.0623. The first kappa shape index (κ1) is 22.3. The van der Waals surface area contributed by atoms with Crippen LogP contribution in [0, 0.1) is 23.7 Å². The lowest BCUT2D eigenvalue weighted by Crippen LogP contribution is -2.34. The van der Waals surface area contributed by atoms with Crippen LogP contribution in [0.15, 0.2) is 0 Å². The Hall–Kier alpha value is 0.00494. The molecule has 0 saturated carbocycles. The fourth-order valence-electron chi connectivity index (χ4n) is 3.99. The Bertz CT molecular complexity index is 475. The SMILES string of the molecule is [B][C@@H]1O[C@H](C(C)C)[C@H](C[P+](=O)OC[C@H]2O[C@@H](C)C(C)[C@H]2OC(C)C)C1C. The van der Waals surface area contributed by atoms with E-state index in [1.165, 1.54) is 0 Å². The van der Waals surface area contributed by atoms with E-state index < -0.39 is 8.03 Å². The van der Waals surface area contributed by atoms with E-state index in [2.05, 4.69) is 27.7 Å². The van der Waals surface area contributed by atoms with Crippen LogP contribution < -0.4 is 0 Å². The molecule has 0 spiro atoms. The standard InChI is InChI=1S/C19H35BO5P/c1-10(2)17-15(13(6)19(20)25-17)9-26(21)22-8-16-18(23-11(3)4)12(5)14(7)24-16/h10-19H,8-9H2,1-7H3/q+1/t12?,13?,14-,15+,16+,17+,18+,19+/m0/s1. The summed E-state index contributed by atoms with van der Waals surface area (Å²) in [4.78, 5) is 0. The normalized spacial score (nSPS) is 41.3. The van der Waals surface area contributed by atoms with Gasteiger partial charge in [-0.2, -0.15) is 0 Å². The molecule has 7 heteroatoms. The molecule has 9 atom stereocenters. The summed E-state index contributed by atoms with van der Waals surface area (Å²) in [6.45, 7) is 14.8. The number of hydrogen-bond acceptors (Lipinski definition) is 5. The van der Waals surface area contributed by atoms with Gasteiger partial charge in [-0.05, 0) is 37.2 Å². The molecule has 0 aliphatic carbocycles. The first-order chi connectivity index (χ1) is 12.1. The molecule has 0 N–H and O–H groups in total. The second kappa shape index (κ2) is 9.47. The highest BCUT2D eigenvalue weighted by molar-refractivity contribution is 7.39. The maximum Gasteiger partial charge on any atom is 0.508 e. The van der Waals surface area contributed by atoms with Gasteiger partial charge in [0.1, 0.15) is 20.6 Å². The third-order valence-corrected chi connectivity index (χ3v) is 6.93. The summed E-state index contributed by atoms with van der Waals surface area (Å²) in [6, 6.07) is -0.292.